The van der Waals surface area contributed by atoms with Crippen LogP contribution in [-0.2, 0) is 0 Å². The summed E-state index contributed by atoms with van der Waals surface area (Å²) in [6, 6.07) is 4.14. The van der Waals surface area contributed by atoms with Crippen LogP contribution in [0.15, 0.2) is 18.2 Å². The van der Waals surface area contributed by atoms with Gasteiger partial charge in [0.1, 0.15) is 5.69 Å². The Morgan fingerprint density at radius 3 is 2.71 bits per heavy atom. The van der Waals surface area contributed by atoms with Gasteiger partial charge in [-0.15, -0.1) is 0 Å². The maximum atomic E-state index is 12.6. The fraction of sp³-hybridized carbons (Fsp3) is 0.333. The van der Waals surface area contributed by atoms with Gasteiger partial charge in [-0.3, -0.25) is 0 Å². The first-order chi connectivity index (χ1) is 6.50. The highest BCUT2D eigenvalue weighted by atomic mass is 19.3. The average molecular weight is 199 g/mol. The van der Waals surface area contributed by atoms with Crippen molar-refractivity contribution in [3.63, 3.8) is 0 Å². The molecule has 1 saturated carbocycles. The van der Waals surface area contributed by atoms with Crippen LogP contribution in [0.3, 0.4) is 0 Å². The highest BCUT2D eigenvalue weighted by Crippen LogP contribution is 2.55. The van der Waals surface area contributed by atoms with Crippen LogP contribution >= 0.6 is 0 Å². The second kappa shape index (κ2) is 2.73. The van der Waals surface area contributed by atoms with Crippen LogP contribution in [0.1, 0.15) is 28.5 Å². The van der Waals surface area contributed by atoms with Gasteiger partial charge in [0, 0.05) is 6.42 Å². The molecule has 1 aliphatic rings. The Balaban J connectivity index is 2.28. The molecule has 1 aliphatic carbocycles. The Morgan fingerprint density at radius 2 is 2.21 bits per heavy atom. The fourth-order valence-electron chi connectivity index (χ4n) is 1.30. The molecule has 1 atom stereocenters. The third-order valence-corrected chi connectivity index (χ3v) is 2.17. The first kappa shape index (κ1) is 9.05. The number of carboxylic acids is 1. The van der Waals surface area contributed by atoms with E-state index >= 15 is 0 Å². The number of halogens is 2. The monoisotopic (exact) mass is 199 g/mol. The number of aromatic carboxylic acids is 1. The topological polar surface area (TPSA) is 50.2 Å². The van der Waals surface area contributed by atoms with Crippen molar-refractivity contribution in [2.45, 2.75) is 18.3 Å². The van der Waals surface area contributed by atoms with Crippen molar-refractivity contribution in [1.82, 2.24) is 4.98 Å². The van der Waals surface area contributed by atoms with Crippen LogP contribution in [0.4, 0.5) is 8.78 Å². The van der Waals surface area contributed by atoms with Crippen molar-refractivity contribution < 1.29 is 18.7 Å². The predicted molar refractivity (Wildman–Crippen MR) is 43.5 cm³/mol. The minimum Gasteiger partial charge on any atom is -0.477 e. The minimum absolute atomic E-state index is 0.162. The maximum absolute atomic E-state index is 12.6. The van der Waals surface area contributed by atoms with E-state index in [4.69, 9.17) is 5.11 Å². The summed E-state index contributed by atoms with van der Waals surface area (Å²) in [5, 5.41) is 8.59. The van der Waals surface area contributed by atoms with Crippen molar-refractivity contribution in [1.29, 1.82) is 0 Å². The predicted octanol–water partition coefficient (Wildman–Crippen LogP) is 1.90. The molecular weight excluding hydrogens is 192 g/mol. The lowest BCUT2D eigenvalue weighted by molar-refractivity contribution is 0.0689. The second-order valence-corrected chi connectivity index (χ2v) is 3.27. The number of alkyl halides is 2. The number of hydrogen-bond acceptors (Lipinski definition) is 2. The van der Waals surface area contributed by atoms with E-state index in [9.17, 15) is 13.6 Å². The first-order valence-electron chi connectivity index (χ1n) is 4.09. The van der Waals surface area contributed by atoms with Gasteiger partial charge < -0.3 is 5.11 Å². The zero-order chi connectivity index (χ0) is 10.3. The Hall–Kier alpha value is -1.52. The van der Waals surface area contributed by atoms with Crippen LogP contribution in [-0.4, -0.2) is 22.0 Å². The number of nitrogens with zero attached hydrogens (tertiary/aromatic N) is 1. The van der Waals surface area contributed by atoms with Crippen LogP contribution < -0.4 is 0 Å². The molecule has 0 spiro atoms. The third-order valence-electron chi connectivity index (χ3n) is 2.17. The van der Waals surface area contributed by atoms with Gasteiger partial charge in [0.15, 0.2) is 0 Å². The molecule has 0 bridgehead atoms. The van der Waals surface area contributed by atoms with Gasteiger partial charge in [-0.05, 0) is 12.1 Å². The Bertz CT molecular complexity index is 392. The molecule has 5 heteroatoms. The van der Waals surface area contributed by atoms with Crippen molar-refractivity contribution in [2.24, 2.45) is 0 Å². The number of rotatable bonds is 2. The number of carboxylic acid groups (broad SMARTS) is 1. The van der Waals surface area contributed by atoms with Gasteiger partial charge in [0.2, 0.25) is 0 Å². The van der Waals surface area contributed by atoms with Gasteiger partial charge in [0.05, 0.1) is 11.6 Å². The Kier molecular flexibility index (Phi) is 1.77. The molecule has 1 aromatic heterocycles. The summed E-state index contributed by atoms with van der Waals surface area (Å²) in [7, 11) is 0. The summed E-state index contributed by atoms with van der Waals surface area (Å²) < 4.78 is 25.3. The Morgan fingerprint density at radius 1 is 1.57 bits per heavy atom. The average Bonchev–Trinajstić information content (AvgIpc) is 2.75. The van der Waals surface area contributed by atoms with E-state index in [2.05, 4.69) is 4.98 Å². The second-order valence-electron chi connectivity index (χ2n) is 3.27. The molecule has 14 heavy (non-hydrogen) atoms. The summed E-state index contributed by atoms with van der Waals surface area (Å²) in [6.07, 6.45) is -0.233. The molecule has 1 heterocycles. The number of pyridine rings is 1. The summed E-state index contributed by atoms with van der Waals surface area (Å²) >= 11 is 0. The normalized spacial score (nSPS) is 23.1. The highest BCUT2D eigenvalue weighted by Gasteiger charge is 2.58. The zero-order valence-corrected chi connectivity index (χ0v) is 7.08. The lowest BCUT2D eigenvalue weighted by Crippen LogP contribution is -2.03. The SMILES string of the molecule is O=C(O)c1cccc(C2CC2(F)F)n1. The van der Waals surface area contributed by atoms with Crippen molar-refractivity contribution >= 4 is 5.97 Å². The molecule has 1 unspecified atom stereocenters. The summed E-state index contributed by atoms with van der Waals surface area (Å²) in [4.78, 5) is 14.2. The molecule has 3 nitrogen and oxygen atoms in total. The smallest absolute Gasteiger partial charge is 0.354 e. The third kappa shape index (κ3) is 1.45. The molecular formula is C9H7F2NO2. The number of carbonyl (C=O) groups is 1. The first-order valence-corrected chi connectivity index (χ1v) is 4.09. The van der Waals surface area contributed by atoms with Crippen molar-refractivity contribution in [2.75, 3.05) is 0 Å². The maximum Gasteiger partial charge on any atom is 0.354 e. The van der Waals surface area contributed by atoms with Gasteiger partial charge in [-0.25, -0.2) is 18.6 Å². The highest BCUT2D eigenvalue weighted by molar-refractivity contribution is 5.85. The van der Waals surface area contributed by atoms with Crippen molar-refractivity contribution in [3.8, 4) is 0 Å². The zero-order valence-electron chi connectivity index (χ0n) is 7.08. The van der Waals surface area contributed by atoms with Crippen molar-refractivity contribution in [3.05, 3.63) is 29.6 Å². The summed E-state index contributed by atoms with van der Waals surface area (Å²) in [6.45, 7) is 0. The summed E-state index contributed by atoms with van der Waals surface area (Å²) in [5.74, 6) is -4.80. The van der Waals surface area contributed by atoms with E-state index in [0.717, 1.165) is 0 Å². The van der Waals surface area contributed by atoms with E-state index in [0.29, 0.717) is 0 Å². The largest absolute Gasteiger partial charge is 0.477 e. The van der Waals surface area contributed by atoms with E-state index in [-0.39, 0.29) is 17.8 Å². The van der Waals surface area contributed by atoms with Gasteiger partial charge >= 0.3 is 5.97 Å². The van der Waals surface area contributed by atoms with E-state index < -0.39 is 17.8 Å². The minimum atomic E-state index is -2.70. The van der Waals surface area contributed by atoms with E-state index in [1.54, 1.807) is 0 Å². The number of hydrogen-bond donors (Lipinski definition) is 1. The standard InChI is InChI=1S/C9H7F2NO2/c10-9(11)4-5(9)6-2-1-3-7(12-6)8(13)14/h1-3,5H,4H2,(H,13,14). The van der Waals surface area contributed by atoms with Crippen LogP contribution in [0.5, 0.6) is 0 Å². The molecule has 0 aliphatic heterocycles. The summed E-state index contributed by atoms with van der Waals surface area (Å²) in [5.41, 5.74) is -0.0277. The lowest BCUT2D eigenvalue weighted by atomic mass is 10.2. The van der Waals surface area contributed by atoms with Crippen LogP contribution in [0, 0.1) is 0 Å². The number of aromatic nitrogens is 1. The van der Waals surface area contributed by atoms with E-state index in [1.807, 2.05) is 0 Å². The molecule has 2 rings (SSSR count). The molecule has 0 aromatic carbocycles. The van der Waals surface area contributed by atoms with Gasteiger partial charge in [-0.1, -0.05) is 6.07 Å². The molecule has 0 radical (unpaired) electrons. The molecule has 74 valence electrons. The fourth-order valence-corrected chi connectivity index (χ4v) is 1.30. The molecule has 1 aromatic rings. The quantitative estimate of drug-likeness (QED) is 0.791. The molecule has 0 amide bonds. The lowest BCUT2D eigenvalue weighted by Gasteiger charge is -1.99. The molecule has 0 saturated heterocycles. The molecule has 1 fully saturated rings. The van der Waals surface area contributed by atoms with Crippen LogP contribution in [0.2, 0.25) is 0 Å². The van der Waals surface area contributed by atoms with Crippen LogP contribution in [0.25, 0.3) is 0 Å². The van der Waals surface area contributed by atoms with E-state index in [1.165, 1.54) is 18.2 Å². The molecule has 1 N–H and O–H groups in total. The van der Waals surface area contributed by atoms with Gasteiger partial charge in [-0.2, -0.15) is 0 Å². The Labute approximate surface area is 78.4 Å². The van der Waals surface area contributed by atoms with Gasteiger partial charge in [0.25, 0.3) is 5.92 Å².